The average molecular weight is 373 g/mol. The molecule has 124 valence electrons. The van der Waals surface area contributed by atoms with Crippen LogP contribution in [-0.2, 0) is 14.6 Å². The van der Waals surface area contributed by atoms with E-state index >= 15 is 0 Å². The van der Waals surface area contributed by atoms with E-state index in [4.69, 9.17) is 11.6 Å². The van der Waals surface area contributed by atoms with Gasteiger partial charge in [-0.1, -0.05) is 43.3 Å². The molecule has 2 aliphatic rings. The number of fused-ring (bicyclic) bond motifs is 1. The van der Waals surface area contributed by atoms with Gasteiger partial charge in [-0.15, -0.1) is 0 Å². The summed E-state index contributed by atoms with van der Waals surface area (Å²) in [6.45, 7) is 3.59. The third-order valence-electron chi connectivity index (χ3n) is 3.85. The van der Waals surface area contributed by atoms with Gasteiger partial charge in [-0.3, -0.25) is 4.79 Å². The van der Waals surface area contributed by atoms with E-state index in [1.165, 1.54) is 11.8 Å². The van der Waals surface area contributed by atoms with Gasteiger partial charge in [-0.25, -0.2) is 8.42 Å². The standard InChI is InChI=1S/C15H17ClN2O3S2/c1-9(2)14(19)17-15-18(11-5-3-4-10(16)6-11)12-7-23(20,21)8-13(12)22-15/h3-6,9,12-13H,7-8H2,1-2H3/t12-,13+/m1/s1. The number of anilines is 1. The number of carbonyl (C=O) groups is 1. The van der Waals surface area contributed by atoms with Crippen LogP contribution in [0.25, 0.3) is 0 Å². The summed E-state index contributed by atoms with van der Waals surface area (Å²) in [6.07, 6.45) is 0. The minimum Gasteiger partial charge on any atom is -0.316 e. The molecule has 2 heterocycles. The third kappa shape index (κ3) is 3.41. The van der Waals surface area contributed by atoms with Gasteiger partial charge >= 0.3 is 0 Å². The molecule has 1 aromatic rings. The summed E-state index contributed by atoms with van der Waals surface area (Å²) in [7, 11) is -3.06. The van der Waals surface area contributed by atoms with E-state index < -0.39 is 9.84 Å². The van der Waals surface area contributed by atoms with Crippen LogP contribution in [-0.4, -0.2) is 42.3 Å². The monoisotopic (exact) mass is 372 g/mol. The summed E-state index contributed by atoms with van der Waals surface area (Å²) in [5, 5.41) is 1.03. The number of halogens is 1. The van der Waals surface area contributed by atoms with Gasteiger partial charge < -0.3 is 4.90 Å². The highest BCUT2D eigenvalue weighted by molar-refractivity contribution is 8.16. The largest absolute Gasteiger partial charge is 0.316 e. The minimum atomic E-state index is -3.06. The van der Waals surface area contributed by atoms with Crippen LogP contribution in [0.1, 0.15) is 13.8 Å². The third-order valence-corrected chi connectivity index (χ3v) is 7.30. The quantitative estimate of drug-likeness (QED) is 0.798. The predicted octanol–water partition coefficient (Wildman–Crippen LogP) is 2.60. The highest BCUT2D eigenvalue weighted by atomic mass is 35.5. The van der Waals surface area contributed by atoms with E-state index in [1.807, 2.05) is 11.0 Å². The van der Waals surface area contributed by atoms with Crippen molar-refractivity contribution in [2.45, 2.75) is 25.1 Å². The Bertz CT molecular complexity index is 777. The van der Waals surface area contributed by atoms with Gasteiger partial charge in [-0.2, -0.15) is 4.99 Å². The second-order valence-corrected chi connectivity index (χ2v) is 9.83. The Morgan fingerprint density at radius 1 is 1.39 bits per heavy atom. The summed E-state index contributed by atoms with van der Waals surface area (Å²) in [4.78, 5) is 18.1. The van der Waals surface area contributed by atoms with Gasteiger partial charge in [0.05, 0.1) is 17.5 Å². The van der Waals surface area contributed by atoms with Gasteiger partial charge in [0.15, 0.2) is 15.0 Å². The summed E-state index contributed by atoms with van der Waals surface area (Å²) in [5.41, 5.74) is 0.768. The normalized spacial score (nSPS) is 27.7. The Hall–Kier alpha value is -1.05. The Morgan fingerprint density at radius 2 is 2.13 bits per heavy atom. The highest BCUT2D eigenvalue weighted by Crippen LogP contribution is 2.41. The van der Waals surface area contributed by atoms with Crippen molar-refractivity contribution in [3.8, 4) is 0 Å². The second kappa shape index (κ2) is 6.11. The van der Waals surface area contributed by atoms with E-state index in [1.54, 1.807) is 32.0 Å². The first-order valence-electron chi connectivity index (χ1n) is 7.31. The molecule has 0 radical (unpaired) electrons. The Kier molecular flexibility index (Phi) is 4.46. The lowest BCUT2D eigenvalue weighted by Gasteiger charge is -2.24. The number of hydrogen-bond donors (Lipinski definition) is 0. The molecule has 0 spiro atoms. The van der Waals surface area contributed by atoms with Crippen LogP contribution in [0.15, 0.2) is 29.3 Å². The molecule has 0 aromatic heterocycles. The summed E-state index contributed by atoms with van der Waals surface area (Å²) in [6, 6.07) is 6.98. The average Bonchev–Trinajstić information content (AvgIpc) is 2.89. The van der Waals surface area contributed by atoms with Crippen LogP contribution in [0, 0.1) is 5.92 Å². The maximum absolute atomic E-state index is 12.0. The molecule has 0 bridgehead atoms. The SMILES string of the molecule is CC(C)C(=O)N=C1S[C@H]2CS(=O)(=O)C[C@H]2N1c1cccc(Cl)c1. The predicted molar refractivity (Wildman–Crippen MR) is 95.0 cm³/mol. The zero-order valence-electron chi connectivity index (χ0n) is 12.8. The van der Waals surface area contributed by atoms with Crippen molar-refractivity contribution < 1.29 is 13.2 Å². The maximum Gasteiger partial charge on any atom is 0.250 e. The molecule has 23 heavy (non-hydrogen) atoms. The van der Waals surface area contributed by atoms with E-state index in [9.17, 15) is 13.2 Å². The van der Waals surface area contributed by atoms with Crippen molar-refractivity contribution in [2.75, 3.05) is 16.4 Å². The molecule has 1 amide bonds. The van der Waals surface area contributed by atoms with Crippen molar-refractivity contribution in [2.24, 2.45) is 10.9 Å². The molecule has 0 aliphatic carbocycles. The van der Waals surface area contributed by atoms with E-state index in [0.29, 0.717) is 10.2 Å². The van der Waals surface area contributed by atoms with Crippen molar-refractivity contribution in [3.63, 3.8) is 0 Å². The molecular formula is C15H17ClN2O3S2. The number of carbonyl (C=O) groups excluding carboxylic acids is 1. The smallest absolute Gasteiger partial charge is 0.250 e. The molecule has 2 atom stereocenters. The molecular weight excluding hydrogens is 356 g/mol. The van der Waals surface area contributed by atoms with Gasteiger partial charge in [0.2, 0.25) is 0 Å². The van der Waals surface area contributed by atoms with Crippen LogP contribution in [0.2, 0.25) is 5.02 Å². The first kappa shape index (κ1) is 16.8. The Labute approximate surface area is 145 Å². The fraction of sp³-hybridized carbons (Fsp3) is 0.467. The summed E-state index contributed by atoms with van der Waals surface area (Å²) in [5.74, 6) is -0.212. The lowest BCUT2D eigenvalue weighted by molar-refractivity contribution is -0.120. The first-order chi connectivity index (χ1) is 10.8. The number of amidine groups is 1. The summed E-state index contributed by atoms with van der Waals surface area (Å²) < 4.78 is 23.9. The van der Waals surface area contributed by atoms with Crippen LogP contribution in [0.3, 0.4) is 0 Å². The van der Waals surface area contributed by atoms with Gasteiger partial charge in [0.25, 0.3) is 5.91 Å². The van der Waals surface area contributed by atoms with Gasteiger partial charge in [0.1, 0.15) is 0 Å². The number of thioether (sulfide) groups is 1. The van der Waals surface area contributed by atoms with Crippen LogP contribution in [0.5, 0.6) is 0 Å². The fourth-order valence-corrected chi connectivity index (χ4v) is 6.82. The lowest BCUT2D eigenvalue weighted by Crippen LogP contribution is -2.37. The van der Waals surface area contributed by atoms with Crippen LogP contribution >= 0.6 is 23.4 Å². The van der Waals surface area contributed by atoms with Gasteiger partial charge in [-0.05, 0) is 18.2 Å². The number of amides is 1. The Morgan fingerprint density at radius 3 is 2.78 bits per heavy atom. The maximum atomic E-state index is 12.0. The molecule has 2 fully saturated rings. The topological polar surface area (TPSA) is 66.8 Å². The molecule has 8 heteroatoms. The van der Waals surface area contributed by atoms with Gasteiger partial charge in [0, 0.05) is 21.9 Å². The van der Waals surface area contributed by atoms with Crippen molar-refractivity contribution in [1.82, 2.24) is 0 Å². The molecule has 2 aliphatic heterocycles. The van der Waals surface area contributed by atoms with Crippen molar-refractivity contribution >= 4 is 50.0 Å². The molecule has 1 aromatic carbocycles. The van der Waals surface area contributed by atoms with Crippen LogP contribution < -0.4 is 4.90 Å². The zero-order valence-corrected chi connectivity index (χ0v) is 15.2. The molecule has 0 N–H and O–H groups in total. The molecule has 2 saturated heterocycles. The number of hydrogen-bond acceptors (Lipinski definition) is 4. The van der Waals surface area contributed by atoms with E-state index in [-0.39, 0.29) is 34.6 Å². The minimum absolute atomic E-state index is 0.0755. The van der Waals surface area contributed by atoms with Crippen LogP contribution in [0.4, 0.5) is 5.69 Å². The lowest BCUT2D eigenvalue weighted by atomic mass is 10.2. The number of aliphatic imine (C=N–C) groups is 1. The molecule has 3 rings (SSSR count). The number of sulfone groups is 1. The highest BCUT2D eigenvalue weighted by Gasteiger charge is 2.49. The Balaban J connectivity index is 2.02. The van der Waals surface area contributed by atoms with E-state index in [0.717, 1.165) is 5.69 Å². The molecule has 5 nitrogen and oxygen atoms in total. The van der Waals surface area contributed by atoms with Crippen molar-refractivity contribution in [3.05, 3.63) is 29.3 Å². The number of nitrogens with zero attached hydrogens (tertiary/aromatic N) is 2. The molecule has 0 saturated carbocycles. The number of rotatable bonds is 2. The second-order valence-electron chi connectivity index (χ2n) is 6.04. The number of benzene rings is 1. The summed E-state index contributed by atoms with van der Waals surface area (Å²) >= 11 is 7.44. The zero-order chi connectivity index (χ0) is 16.8. The first-order valence-corrected chi connectivity index (χ1v) is 10.4. The van der Waals surface area contributed by atoms with E-state index in [2.05, 4.69) is 4.99 Å². The fourth-order valence-electron chi connectivity index (χ4n) is 2.72. The van der Waals surface area contributed by atoms with Crippen molar-refractivity contribution in [1.29, 1.82) is 0 Å². The molecule has 0 unspecified atom stereocenters.